The third kappa shape index (κ3) is 5.60. The summed E-state index contributed by atoms with van der Waals surface area (Å²) >= 11 is 5.72. The van der Waals surface area contributed by atoms with Crippen LogP contribution >= 0.6 is 11.6 Å². The van der Waals surface area contributed by atoms with Crippen LogP contribution in [0.1, 0.15) is 59.3 Å². The Balaban J connectivity index is 2.27. The lowest BCUT2D eigenvalue weighted by Gasteiger charge is -2.28. The highest BCUT2D eigenvalue weighted by atomic mass is 35.5. The highest BCUT2D eigenvalue weighted by Crippen LogP contribution is 2.28. The predicted octanol–water partition coefficient (Wildman–Crippen LogP) is 3.97. The van der Waals surface area contributed by atoms with Gasteiger partial charge in [-0.25, -0.2) is 0 Å². The van der Waals surface area contributed by atoms with E-state index in [1.54, 1.807) is 0 Å². The van der Waals surface area contributed by atoms with Crippen LogP contribution in [0, 0.1) is 17.3 Å². The van der Waals surface area contributed by atoms with E-state index in [0.717, 1.165) is 38.1 Å². The SMILES string of the molecule is CC1CCC(C(=O)NCC(C)(C)CCCCl)CC1. The fourth-order valence-electron chi connectivity index (χ4n) is 2.63. The summed E-state index contributed by atoms with van der Waals surface area (Å²) < 4.78 is 0. The van der Waals surface area contributed by atoms with Crippen LogP contribution in [0.3, 0.4) is 0 Å². The number of carbonyl (C=O) groups excluding carboxylic acids is 1. The number of amides is 1. The molecular formula is C15H28ClNO. The minimum absolute atomic E-state index is 0.159. The normalized spacial score (nSPS) is 24.9. The molecule has 0 saturated heterocycles. The van der Waals surface area contributed by atoms with E-state index in [9.17, 15) is 4.79 Å². The molecule has 0 spiro atoms. The molecule has 1 fully saturated rings. The van der Waals surface area contributed by atoms with E-state index in [1.165, 1.54) is 12.8 Å². The molecule has 1 aliphatic carbocycles. The van der Waals surface area contributed by atoms with E-state index < -0.39 is 0 Å². The maximum Gasteiger partial charge on any atom is 0.223 e. The lowest BCUT2D eigenvalue weighted by atomic mass is 9.82. The number of hydrogen-bond donors (Lipinski definition) is 1. The average molecular weight is 274 g/mol. The molecule has 1 rings (SSSR count). The number of hydrogen-bond acceptors (Lipinski definition) is 1. The number of rotatable bonds is 6. The Hall–Kier alpha value is -0.240. The lowest BCUT2D eigenvalue weighted by molar-refractivity contribution is -0.126. The Morgan fingerprint density at radius 3 is 2.44 bits per heavy atom. The monoisotopic (exact) mass is 273 g/mol. The van der Waals surface area contributed by atoms with Gasteiger partial charge in [-0.2, -0.15) is 0 Å². The fourth-order valence-corrected chi connectivity index (χ4v) is 2.76. The van der Waals surface area contributed by atoms with E-state index in [4.69, 9.17) is 11.6 Å². The topological polar surface area (TPSA) is 29.1 Å². The first-order chi connectivity index (χ1) is 8.44. The summed E-state index contributed by atoms with van der Waals surface area (Å²) in [6, 6.07) is 0. The summed E-state index contributed by atoms with van der Waals surface area (Å²) in [5.41, 5.74) is 0.159. The first-order valence-electron chi connectivity index (χ1n) is 7.28. The Labute approximate surface area is 117 Å². The molecule has 3 heteroatoms. The van der Waals surface area contributed by atoms with Crippen LogP contribution in [-0.4, -0.2) is 18.3 Å². The number of alkyl halides is 1. The highest BCUT2D eigenvalue weighted by Gasteiger charge is 2.26. The average Bonchev–Trinajstić information content (AvgIpc) is 2.35. The van der Waals surface area contributed by atoms with Crippen LogP contribution in [0.15, 0.2) is 0 Å². The third-order valence-corrected chi connectivity index (χ3v) is 4.38. The molecule has 0 radical (unpaired) electrons. The van der Waals surface area contributed by atoms with E-state index in [1.807, 2.05) is 0 Å². The van der Waals surface area contributed by atoms with Crippen molar-refractivity contribution < 1.29 is 4.79 Å². The maximum absolute atomic E-state index is 12.1. The van der Waals surface area contributed by atoms with Crippen molar-refractivity contribution in [1.82, 2.24) is 5.32 Å². The molecule has 2 nitrogen and oxygen atoms in total. The molecule has 1 saturated carbocycles. The summed E-state index contributed by atoms with van der Waals surface area (Å²) in [5.74, 6) is 2.03. The van der Waals surface area contributed by atoms with Gasteiger partial charge in [0, 0.05) is 18.3 Å². The fraction of sp³-hybridized carbons (Fsp3) is 0.933. The standard InChI is InChI=1S/C15H28ClNO/c1-12-5-7-13(8-6-12)14(18)17-11-15(2,3)9-4-10-16/h12-13H,4-11H2,1-3H3,(H,17,18). The van der Waals surface area contributed by atoms with Gasteiger partial charge in [-0.15, -0.1) is 11.6 Å². The van der Waals surface area contributed by atoms with Crippen LogP contribution in [0.25, 0.3) is 0 Å². The van der Waals surface area contributed by atoms with Gasteiger partial charge in [-0.05, 0) is 49.9 Å². The van der Waals surface area contributed by atoms with Crippen molar-refractivity contribution in [2.75, 3.05) is 12.4 Å². The third-order valence-electron chi connectivity index (χ3n) is 4.12. The van der Waals surface area contributed by atoms with Gasteiger partial charge in [-0.1, -0.05) is 20.8 Å². The maximum atomic E-state index is 12.1. The second-order valence-electron chi connectivity index (χ2n) is 6.63. The van der Waals surface area contributed by atoms with Crippen LogP contribution < -0.4 is 5.32 Å². The van der Waals surface area contributed by atoms with Gasteiger partial charge < -0.3 is 5.32 Å². The molecule has 1 amide bonds. The first kappa shape index (κ1) is 15.8. The molecule has 1 aliphatic rings. The van der Waals surface area contributed by atoms with Crippen LogP contribution in [0.2, 0.25) is 0 Å². The molecule has 0 unspecified atom stereocenters. The Kier molecular flexibility index (Phi) is 6.48. The molecule has 0 aromatic rings. The molecule has 18 heavy (non-hydrogen) atoms. The summed E-state index contributed by atoms with van der Waals surface area (Å²) in [6.45, 7) is 7.45. The summed E-state index contributed by atoms with van der Waals surface area (Å²) in [7, 11) is 0. The Bertz CT molecular complexity index is 257. The zero-order valence-electron chi connectivity index (χ0n) is 12.1. The van der Waals surface area contributed by atoms with E-state index in [-0.39, 0.29) is 17.2 Å². The Morgan fingerprint density at radius 2 is 1.89 bits per heavy atom. The summed E-state index contributed by atoms with van der Waals surface area (Å²) in [4.78, 5) is 12.1. The minimum atomic E-state index is 0.159. The van der Waals surface area contributed by atoms with Gasteiger partial charge in [0.2, 0.25) is 5.91 Å². The van der Waals surface area contributed by atoms with Crippen LogP contribution in [0.5, 0.6) is 0 Å². The molecule has 0 aromatic carbocycles. The molecule has 1 N–H and O–H groups in total. The lowest BCUT2D eigenvalue weighted by Crippen LogP contribution is -2.38. The molecular weight excluding hydrogens is 246 g/mol. The van der Waals surface area contributed by atoms with Crippen molar-refractivity contribution in [2.45, 2.75) is 59.3 Å². The smallest absolute Gasteiger partial charge is 0.223 e. The molecule has 0 aromatic heterocycles. The molecule has 0 aliphatic heterocycles. The highest BCUT2D eigenvalue weighted by molar-refractivity contribution is 6.17. The largest absolute Gasteiger partial charge is 0.355 e. The molecule has 0 atom stereocenters. The van der Waals surface area contributed by atoms with Gasteiger partial charge in [0.25, 0.3) is 0 Å². The van der Waals surface area contributed by atoms with Gasteiger partial charge in [0.05, 0.1) is 0 Å². The van der Waals surface area contributed by atoms with Crippen LogP contribution in [-0.2, 0) is 4.79 Å². The van der Waals surface area contributed by atoms with E-state index in [2.05, 4.69) is 26.1 Å². The number of carbonyl (C=O) groups is 1. The second-order valence-corrected chi connectivity index (χ2v) is 7.01. The predicted molar refractivity (Wildman–Crippen MR) is 77.9 cm³/mol. The van der Waals surface area contributed by atoms with Crippen molar-refractivity contribution in [1.29, 1.82) is 0 Å². The van der Waals surface area contributed by atoms with Crippen LogP contribution in [0.4, 0.5) is 0 Å². The molecule has 0 heterocycles. The van der Waals surface area contributed by atoms with E-state index in [0.29, 0.717) is 5.88 Å². The molecule has 106 valence electrons. The second kappa shape index (κ2) is 7.37. The van der Waals surface area contributed by atoms with Crippen molar-refractivity contribution in [3.05, 3.63) is 0 Å². The Morgan fingerprint density at radius 1 is 1.28 bits per heavy atom. The first-order valence-corrected chi connectivity index (χ1v) is 7.82. The molecule has 0 bridgehead atoms. The van der Waals surface area contributed by atoms with Crippen molar-refractivity contribution in [3.63, 3.8) is 0 Å². The van der Waals surface area contributed by atoms with Crippen molar-refractivity contribution >= 4 is 17.5 Å². The quantitative estimate of drug-likeness (QED) is 0.729. The van der Waals surface area contributed by atoms with Crippen molar-refractivity contribution in [3.8, 4) is 0 Å². The van der Waals surface area contributed by atoms with E-state index >= 15 is 0 Å². The number of nitrogens with one attached hydrogen (secondary N) is 1. The van der Waals surface area contributed by atoms with Gasteiger partial charge in [0.1, 0.15) is 0 Å². The number of halogens is 1. The summed E-state index contributed by atoms with van der Waals surface area (Å²) in [6.07, 6.45) is 6.62. The van der Waals surface area contributed by atoms with Crippen molar-refractivity contribution in [2.24, 2.45) is 17.3 Å². The zero-order valence-corrected chi connectivity index (χ0v) is 12.9. The van der Waals surface area contributed by atoms with Gasteiger partial charge >= 0.3 is 0 Å². The zero-order chi connectivity index (χ0) is 13.6. The van der Waals surface area contributed by atoms with Gasteiger partial charge in [-0.3, -0.25) is 4.79 Å². The minimum Gasteiger partial charge on any atom is -0.355 e. The van der Waals surface area contributed by atoms with Gasteiger partial charge in [0.15, 0.2) is 0 Å². The summed E-state index contributed by atoms with van der Waals surface area (Å²) in [5, 5.41) is 3.13.